The lowest BCUT2D eigenvalue weighted by Gasteiger charge is -2.24. The van der Waals surface area contributed by atoms with Crippen molar-refractivity contribution < 1.29 is 9.53 Å². The van der Waals surface area contributed by atoms with E-state index < -0.39 is 0 Å². The Bertz CT molecular complexity index is 714. The van der Waals surface area contributed by atoms with Crippen molar-refractivity contribution in [2.45, 2.75) is 38.8 Å². The van der Waals surface area contributed by atoms with Gasteiger partial charge < -0.3 is 9.64 Å². The van der Waals surface area contributed by atoms with E-state index in [0.717, 1.165) is 23.6 Å². The lowest BCUT2D eigenvalue weighted by Crippen LogP contribution is -2.38. The summed E-state index contributed by atoms with van der Waals surface area (Å²) in [6.45, 7) is 5.00. The van der Waals surface area contributed by atoms with Gasteiger partial charge in [-0.1, -0.05) is 11.6 Å². The Balaban J connectivity index is 1.62. The molecule has 1 fully saturated rings. The predicted octanol–water partition coefficient (Wildman–Crippen LogP) is 1.30. The molecule has 2 aromatic rings. The van der Waals surface area contributed by atoms with Crippen LogP contribution >= 0.6 is 11.6 Å². The van der Waals surface area contributed by atoms with Crippen LogP contribution in [-0.4, -0.2) is 62.1 Å². The van der Waals surface area contributed by atoms with Crippen LogP contribution in [0.15, 0.2) is 6.33 Å². The Morgan fingerprint density at radius 2 is 2.33 bits per heavy atom. The number of amides is 1. The molecule has 2 aromatic heterocycles. The molecule has 3 rings (SSSR count). The second kappa shape index (κ2) is 6.90. The third kappa shape index (κ3) is 3.29. The summed E-state index contributed by atoms with van der Waals surface area (Å²) >= 11 is 6.13. The van der Waals surface area contributed by atoms with Gasteiger partial charge in [-0.3, -0.25) is 14.6 Å². The Kier molecular flexibility index (Phi) is 4.86. The lowest BCUT2D eigenvalue weighted by molar-refractivity contribution is -0.132. The van der Waals surface area contributed by atoms with Gasteiger partial charge in [0.15, 0.2) is 0 Å². The number of aryl methyl sites for hydroxylation is 1. The van der Waals surface area contributed by atoms with Crippen molar-refractivity contribution in [1.82, 2.24) is 29.9 Å². The molecule has 2 atom stereocenters. The van der Waals surface area contributed by atoms with Crippen molar-refractivity contribution in [3.8, 4) is 0 Å². The molecule has 0 unspecified atom stereocenters. The van der Waals surface area contributed by atoms with E-state index in [2.05, 4.69) is 20.3 Å². The van der Waals surface area contributed by atoms with Crippen molar-refractivity contribution in [3.05, 3.63) is 28.6 Å². The number of rotatable bonds is 5. The summed E-state index contributed by atoms with van der Waals surface area (Å²) in [5, 5.41) is 11.7. The van der Waals surface area contributed by atoms with Crippen LogP contribution in [0.4, 0.5) is 0 Å². The van der Waals surface area contributed by atoms with Gasteiger partial charge in [0.1, 0.15) is 18.7 Å². The van der Waals surface area contributed by atoms with E-state index in [1.807, 2.05) is 13.8 Å². The molecular weight excluding hydrogens is 332 g/mol. The van der Waals surface area contributed by atoms with Gasteiger partial charge in [0.05, 0.1) is 22.5 Å². The predicted molar refractivity (Wildman–Crippen MR) is 87.8 cm³/mol. The first-order chi connectivity index (χ1) is 11.5. The topological polar surface area (TPSA) is 88.9 Å². The first kappa shape index (κ1) is 16.9. The Morgan fingerprint density at radius 1 is 1.54 bits per heavy atom. The monoisotopic (exact) mass is 352 g/mol. The number of nitrogens with one attached hydrogen (secondary N) is 1. The Labute approximate surface area is 145 Å². The molecule has 1 N–H and O–H groups in total. The van der Waals surface area contributed by atoms with Gasteiger partial charge in [0.25, 0.3) is 0 Å². The smallest absolute Gasteiger partial charge is 0.244 e. The minimum atomic E-state index is -0.0871. The number of halogens is 1. The molecule has 8 nitrogen and oxygen atoms in total. The van der Waals surface area contributed by atoms with Crippen molar-refractivity contribution in [2.24, 2.45) is 0 Å². The number of ether oxygens (including phenoxy) is 1. The van der Waals surface area contributed by atoms with Gasteiger partial charge in [0, 0.05) is 26.1 Å². The second-order valence-electron chi connectivity index (χ2n) is 6.09. The number of aromatic nitrogens is 5. The number of likely N-dealkylation sites (N-methyl/N-ethyl adjacent to an activating group) is 1. The standard InChI is InChI=1S/C15H21ClN6O2/c1-9-14(16)10(2)22(20-9)7-13(23)21(3)6-12-11(4-5-24-12)15-17-8-18-19-15/h8,11-12H,4-7H2,1-3H3,(H,17,18,19)/t11-,12-/m1/s1. The second-order valence-corrected chi connectivity index (χ2v) is 6.47. The Morgan fingerprint density at radius 3 is 2.96 bits per heavy atom. The van der Waals surface area contributed by atoms with Crippen LogP contribution in [0.1, 0.15) is 29.6 Å². The zero-order chi connectivity index (χ0) is 17.3. The summed E-state index contributed by atoms with van der Waals surface area (Å²) in [5.41, 5.74) is 1.53. The maximum atomic E-state index is 12.5. The molecule has 0 spiro atoms. The van der Waals surface area contributed by atoms with E-state index in [9.17, 15) is 4.79 Å². The van der Waals surface area contributed by atoms with E-state index in [1.165, 1.54) is 6.33 Å². The molecule has 0 saturated carbocycles. The van der Waals surface area contributed by atoms with Crippen molar-refractivity contribution in [2.75, 3.05) is 20.2 Å². The maximum absolute atomic E-state index is 12.5. The zero-order valence-electron chi connectivity index (χ0n) is 14.0. The molecule has 1 aliphatic rings. The number of nitrogens with zero attached hydrogens (tertiary/aromatic N) is 5. The normalized spacial score (nSPS) is 20.5. The number of carbonyl (C=O) groups excluding carboxylic acids is 1. The average Bonchev–Trinajstić information content (AvgIpc) is 3.26. The largest absolute Gasteiger partial charge is 0.376 e. The van der Waals surface area contributed by atoms with Crippen LogP contribution < -0.4 is 0 Å². The number of hydrogen-bond donors (Lipinski definition) is 1. The third-order valence-corrected chi connectivity index (χ3v) is 5.00. The SMILES string of the molecule is Cc1nn(CC(=O)N(C)C[C@H]2OCC[C@H]2c2ncn[nH]2)c(C)c1Cl. The van der Waals surface area contributed by atoms with Gasteiger partial charge in [-0.25, -0.2) is 4.98 Å². The minimum Gasteiger partial charge on any atom is -0.376 e. The summed E-state index contributed by atoms with van der Waals surface area (Å²) in [5.74, 6) is 0.902. The molecule has 1 aliphatic heterocycles. The summed E-state index contributed by atoms with van der Waals surface area (Å²) in [7, 11) is 1.77. The summed E-state index contributed by atoms with van der Waals surface area (Å²) in [6, 6.07) is 0. The zero-order valence-corrected chi connectivity index (χ0v) is 14.7. The first-order valence-electron chi connectivity index (χ1n) is 7.87. The highest BCUT2D eigenvalue weighted by Gasteiger charge is 2.33. The fourth-order valence-corrected chi connectivity index (χ4v) is 3.12. The van der Waals surface area contributed by atoms with E-state index in [1.54, 1.807) is 16.6 Å². The molecule has 9 heteroatoms. The lowest BCUT2D eigenvalue weighted by atomic mass is 10.0. The molecular formula is C15H21ClN6O2. The van der Waals surface area contributed by atoms with E-state index in [0.29, 0.717) is 18.2 Å². The van der Waals surface area contributed by atoms with Gasteiger partial charge in [-0.15, -0.1) is 0 Å². The number of H-pyrrole nitrogens is 1. The Hall–Kier alpha value is -1.93. The fourth-order valence-electron chi connectivity index (χ4n) is 2.98. The molecule has 1 saturated heterocycles. The van der Waals surface area contributed by atoms with Crippen LogP contribution in [0.25, 0.3) is 0 Å². The summed E-state index contributed by atoms with van der Waals surface area (Å²) < 4.78 is 7.42. The molecule has 0 aromatic carbocycles. The van der Waals surface area contributed by atoms with Crippen LogP contribution in [0.2, 0.25) is 5.02 Å². The number of hydrogen-bond acceptors (Lipinski definition) is 5. The quantitative estimate of drug-likeness (QED) is 0.876. The minimum absolute atomic E-state index is 0.0379. The van der Waals surface area contributed by atoms with Gasteiger partial charge >= 0.3 is 0 Å². The summed E-state index contributed by atoms with van der Waals surface area (Å²) in [6.07, 6.45) is 2.28. The van der Waals surface area contributed by atoms with Crippen molar-refractivity contribution in [1.29, 1.82) is 0 Å². The molecule has 0 bridgehead atoms. The molecule has 1 amide bonds. The summed E-state index contributed by atoms with van der Waals surface area (Å²) in [4.78, 5) is 18.4. The van der Waals surface area contributed by atoms with Crippen LogP contribution in [-0.2, 0) is 16.1 Å². The molecule has 0 radical (unpaired) electrons. The average molecular weight is 353 g/mol. The first-order valence-corrected chi connectivity index (χ1v) is 8.25. The van der Waals surface area contributed by atoms with E-state index in [4.69, 9.17) is 16.3 Å². The van der Waals surface area contributed by atoms with Crippen LogP contribution in [0.5, 0.6) is 0 Å². The van der Waals surface area contributed by atoms with Crippen LogP contribution in [0, 0.1) is 13.8 Å². The third-order valence-electron chi connectivity index (χ3n) is 4.45. The number of aromatic amines is 1. The molecule has 3 heterocycles. The highest BCUT2D eigenvalue weighted by atomic mass is 35.5. The molecule has 0 aliphatic carbocycles. The van der Waals surface area contributed by atoms with E-state index >= 15 is 0 Å². The maximum Gasteiger partial charge on any atom is 0.244 e. The van der Waals surface area contributed by atoms with Crippen molar-refractivity contribution in [3.63, 3.8) is 0 Å². The van der Waals surface area contributed by atoms with Crippen LogP contribution in [0.3, 0.4) is 0 Å². The number of carbonyl (C=O) groups is 1. The van der Waals surface area contributed by atoms with Gasteiger partial charge in [-0.05, 0) is 20.3 Å². The van der Waals surface area contributed by atoms with Crippen molar-refractivity contribution >= 4 is 17.5 Å². The molecule has 24 heavy (non-hydrogen) atoms. The van der Waals surface area contributed by atoms with Gasteiger partial charge in [0.2, 0.25) is 5.91 Å². The fraction of sp³-hybridized carbons (Fsp3) is 0.600. The molecule has 130 valence electrons. The highest BCUT2D eigenvalue weighted by molar-refractivity contribution is 6.31. The van der Waals surface area contributed by atoms with E-state index in [-0.39, 0.29) is 24.5 Å². The highest BCUT2D eigenvalue weighted by Crippen LogP contribution is 2.29. The van der Waals surface area contributed by atoms with Gasteiger partial charge in [-0.2, -0.15) is 10.2 Å².